The number of hydrogen-bond donors (Lipinski definition) is 1. The van der Waals surface area contributed by atoms with Crippen LogP contribution in [0.5, 0.6) is 0 Å². The molecule has 0 saturated heterocycles. The van der Waals surface area contributed by atoms with E-state index >= 15 is 0 Å². The van der Waals surface area contributed by atoms with Gasteiger partial charge in [0.1, 0.15) is 12.8 Å². The van der Waals surface area contributed by atoms with Crippen LogP contribution in [-0.4, -0.2) is 31.4 Å². The summed E-state index contributed by atoms with van der Waals surface area (Å²) in [5.41, 5.74) is 0.997. The number of hydrogen-bond acceptors (Lipinski definition) is 4. The van der Waals surface area contributed by atoms with Gasteiger partial charge in [-0.1, -0.05) is 5.16 Å². The Morgan fingerprint density at radius 1 is 1.62 bits per heavy atom. The Morgan fingerprint density at radius 2 is 2.38 bits per heavy atom. The van der Waals surface area contributed by atoms with Crippen LogP contribution in [0.25, 0.3) is 0 Å². The standard InChI is InChI=1S/C8H10N2O3/c1-12-8(11)7-6(3-4-9-7)5-10-13-2/h3-5,9H,1-2H3. The van der Waals surface area contributed by atoms with E-state index < -0.39 is 5.97 Å². The van der Waals surface area contributed by atoms with E-state index in [-0.39, 0.29) is 0 Å². The van der Waals surface area contributed by atoms with Crippen LogP contribution < -0.4 is 0 Å². The minimum absolute atomic E-state index is 0.364. The largest absolute Gasteiger partial charge is 0.464 e. The van der Waals surface area contributed by atoms with Crippen molar-refractivity contribution in [3.05, 3.63) is 23.5 Å². The van der Waals surface area contributed by atoms with Gasteiger partial charge < -0.3 is 14.6 Å². The Morgan fingerprint density at radius 3 is 3.00 bits per heavy atom. The van der Waals surface area contributed by atoms with Crippen molar-refractivity contribution in [1.82, 2.24) is 4.98 Å². The van der Waals surface area contributed by atoms with E-state index in [0.717, 1.165) is 0 Å². The lowest BCUT2D eigenvalue weighted by Gasteiger charge is -1.96. The molecule has 0 aliphatic rings. The SMILES string of the molecule is CON=Cc1cc[nH]c1C(=O)OC. The van der Waals surface area contributed by atoms with E-state index in [1.165, 1.54) is 20.4 Å². The summed E-state index contributed by atoms with van der Waals surface area (Å²) in [6.45, 7) is 0. The molecule has 0 amide bonds. The smallest absolute Gasteiger partial charge is 0.355 e. The van der Waals surface area contributed by atoms with Crippen LogP contribution in [0.1, 0.15) is 16.1 Å². The Kier molecular flexibility index (Phi) is 3.08. The molecule has 5 heteroatoms. The zero-order chi connectivity index (χ0) is 9.68. The van der Waals surface area contributed by atoms with Crippen LogP contribution in [0.2, 0.25) is 0 Å². The van der Waals surface area contributed by atoms with Crippen molar-refractivity contribution < 1.29 is 14.4 Å². The molecule has 1 aromatic heterocycles. The van der Waals surface area contributed by atoms with Gasteiger partial charge in [0.2, 0.25) is 0 Å². The normalized spacial score (nSPS) is 10.3. The highest BCUT2D eigenvalue weighted by Gasteiger charge is 2.10. The highest BCUT2D eigenvalue weighted by atomic mass is 16.6. The predicted octanol–water partition coefficient (Wildman–Crippen LogP) is 0.782. The summed E-state index contributed by atoms with van der Waals surface area (Å²) in [5, 5.41) is 3.54. The van der Waals surface area contributed by atoms with Gasteiger partial charge in [-0.2, -0.15) is 0 Å². The molecule has 0 unspecified atom stereocenters. The first-order chi connectivity index (χ1) is 6.29. The molecule has 0 aromatic carbocycles. The molecule has 0 atom stereocenters. The quantitative estimate of drug-likeness (QED) is 0.427. The van der Waals surface area contributed by atoms with Gasteiger partial charge in [-0.15, -0.1) is 0 Å². The summed E-state index contributed by atoms with van der Waals surface area (Å²) in [5.74, 6) is -0.428. The summed E-state index contributed by atoms with van der Waals surface area (Å²) < 4.78 is 4.54. The van der Waals surface area contributed by atoms with Gasteiger partial charge in [-0.25, -0.2) is 4.79 Å². The third-order valence-corrected chi connectivity index (χ3v) is 1.47. The van der Waals surface area contributed by atoms with Crippen molar-refractivity contribution in [3.8, 4) is 0 Å². The van der Waals surface area contributed by atoms with E-state index in [0.29, 0.717) is 11.3 Å². The fraction of sp³-hybridized carbons (Fsp3) is 0.250. The van der Waals surface area contributed by atoms with Crippen LogP contribution in [-0.2, 0) is 9.57 Å². The molecule has 0 spiro atoms. The third kappa shape index (κ3) is 2.08. The van der Waals surface area contributed by atoms with Crippen molar-refractivity contribution in [1.29, 1.82) is 0 Å². The molecular weight excluding hydrogens is 172 g/mol. The van der Waals surface area contributed by atoms with Crippen molar-refractivity contribution >= 4 is 12.2 Å². The van der Waals surface area contributed by atoms with Gasteiger partial charge in [0.25, 0.3) is 0 Å². The van der Waals surface area contributed by atoms with E-state index in [1.54, 1.807) is 12.3 Å². The minimum atomic E-state index is -0.428. The molecular formula is C8H10N2O3. The van der Waals surface area contributed by atoms with Crippen LogP contribution in [0.3, 0.4) is 0 Å². The van der Waals surface area contributed by atoms with Crippen LogP contribution in [0.4, 0.5) is 0 Å². The molecule has 5 nitrogen and oxygen atoms in total. The molecule has 70 valence electrons. The fourth-order valence-electron chi connectivity index (χ4n) is 0.877. The second kappa shape index (κ2) is 4.30. The maximum absolute atomic E-state index is 11.1. The summed E-state index contributed by atoms with van der Waals surface area (Å²) in [4.78, 5) is 18.3. The van der Waals surface area contributed by atoms with Gasteiger partial charge in [0.05, 0.1) is 13.3 Å². The Hall–Kier alpha value is -1.78. The maximum Gasteiger partial charge on any atom is 0.355 e. The van der Waals surface area contributed by atoms with E-state index in [9.17, 15) is 4.79 Å². The van der Waals surface area contributed by atoms with Gasteiger partial charge in [-0.3, -0.25) is 0 Å². The first-order valence-electron chi connectivity index (χ1n) is 3.61. The first-order valence-corrected chi connectivity index (χ1v) is 3.61. The summed E-state index contributed by atoms with van der Waals surface area (Å²) >= 11 is 0. The molecule has 0 fully saturated rings. The number of aromatic nitrogens is 1. The lowest BCUT2D eigenvalue weighted by Crippen LogP contribution is -2.04. The lowest BCUT2D eigenvalue weighted by molar-refractivity contribution is 0.0594. The fourth-order valence-corrected chi connectivity index (χ4v) is 0.877. The Labute approximate surface area is 75.3 Å². The van der Waals surface area contributed by atoms with Gasteiger partial charge in [0, 0.05) is 11.8 Å². The summed E-state index contributed by atoms with van der Waals surface area (Å²) in [6, 6.07) is 1.70. The maximum atomic E-state index is 11.1. The third-order valence-electron chi connectivity index (χ3n) is 1.47. The minimum Gasteiger partial charge on any atom is -0.464 e. The summed E-state index contributed by atoms with van der Waals surface area (Å²) in [6.07, 6.45) is 3.06. The second-order valence-electron chi connectivity index (χ2n) is 2.22. The molecule has 1 heterocycles. The van der Waals surface area contributed by atoms with Crippen molar-refractivity contribution in [2.45, 2.75) is 0 Å². The Balaban J connectivity index is 2.89. The molecule has 1 rings (SSSR count). The van der Waals surface area contributed by atoms with Crippen molar-refractivity contribution in [2.75, 3.05) is 14.2 Å². The number of carbonyl (C=O) groups is 1. The number of nitrogens with one attached hydrogen (secondary N) is 1. The van der Waals surface area contributed by atoms with Crippen LogP contribution >= 0.6 is 0 Å². The Bertz CT molecular complexity index is 317. The first kappa shape index (κ1) is 9.31. The number of aromatic amines is 1. The van der Waals surface area contributed by atoms with Gasteiger partial charge in [0.15, 0.2) is 0 Å². The average molecular weight is 182 g/mol. The van der Waals surface area contributed by atoms with Crippen LogP contribution in [0.15, 0.2) is 17.4 Å². The number of H-pyrrole nitrogens is 1. The monoisotopic (exact) mass is 182 g/mol. The molecule has 0 saturated carbocycles. The highest BCUT2D eigenvalue weighted by molar-refractivity contribution is 5.97. The topological polar surface area (TPSA) is 63.7 Å². The van der Waals surface area contributed by atoms with Crippen LogP contribution in [0, 0.1) is 0 Å². The van der Waals surface area contributed by atoms with E-state index in [2.05, 4.69) is 19.7 Å². The number of carbonyl (C=O) groups excluding carboxylic acids is 1. The summed E-state index contributed by atoms with van der Waals surface area (Å²) in [7, 11) is 2.75. The number of methoxy groups -OCH3 is 1. The van der Waals surface area contributed by atoms with Gasteiger partial charge in [-0.05, 0) is 6.07 Å². The molecule has 13 heavy (non-hydrogen) atoms. The number of nitrogens with zero attached hydrogens (tertiary/aromatic N) is 1. The molecule has 0 aliphatic carbocycles. The number of rotatable bonds is 3. The number of esters is 1. The predicted molar refractivity (Wildman–Crippen MR) is 46.7 cm³/mol. The molecule has 0 aliphatic heterocycles. The van der Waals surface area contributed by atoms with Gasteiger partial charge >= 0.3 is 5.97 Å². The second-order valence-corrected chi connectivity index (χ2v) is 2.22. The zero-order valence-corrected chi connectivity index (χ0v) is 7.40. The lowest BCUT2D eigenvalue weighted by atomic mass is 10.2. The van der Waals surface area contributed by atoms with Crippen molar-refractivity contribution in [2.24, 2.45) is 5.16 Å². The zero-order valence-electron chi connectivity index (χ0n) is 7.40. The van der Waals surface area contributed by atoms with E-state index in [1.807, 2.05) is 0 Å². The molecule has 1 aromatic rings. The van der Waals surface area contributed by atoms with E-state index in [4.69, 9.17) is 0 Å². The van der Waals surface area contributed by atoms with Crippen molar-refractivity contribution in [3.63, 3.8) is 0 Å². The molecule has 0 bridgehead atoms. The highest BCUT2D eigenvalue weighted by Crippen LogP contribution is 2.04. The molecule has 0 radical (unpaired) electrons. The average Bonchev–Trinajstić information content (AvgIpc) is 2.61. The number of ether oxygens (including phenoxy) is 1. The molecule has 1 N–H and O–H groups in total. The number of oxime groups is 1.